The number of hydrogen-bond donors (Lipinski definition) is 1. The topological polar surface area (TPSA) is 56.2 Å². The van der Waals surface area contributed by atoms with Gasteiger partial charge in [-0.3, -0.25) is 9.48 Å². The third-order valence-corrected chi connectivity index (χ3v) is 2.84. The smallest absolute Gasteiger partial charge is 0.323 e. The third kappa shape index (κ3) is 4.49. The van der Waals surface area contributed by atoms with E-state index in [1.165, 1.54) is 0 Å². The molecule has 0 bridgehead atoms. The van der Waals surface area contributed by atoms with Crippen LogP contribution in [-0.2, 0) is 23.0 Å². The highest BCUT2D eigenvalue weighted by Crippen LogP contribution is 2.01. The van der Waals surface area contributed by atoms with Gasteiger partial charge in [-0.15, -0.1) is 0 Å². The number of esters is 1. The van der Waals surface area contributed by atoms with Crippen molar-refractivity contribution in [2.75, 3.05) is 13.2 Å². The van der Waals surface area contributed by atoms with Crippen LogP contribution in [0, 0.1) is 0 Å². The van der Waals surface area contributed by atoms with Crippen molar-refractivity contribution in [3.8, 4) is 0 Å². The number of hydrogen-bond acceptors (Lipinski definition) is 4. The molecule has 5 nitrogen and oxygen atoms in total. The van der Waals surface area contributed by atoms with Crippen molar-refractivity contribution in [2.45, 2.75) is 39.2 Å². The van der Waals surface area contributed by atoms with Gasteiger partial charge in [-0.1, -0.05) is 13.3 Å². The standard InChI is InChI=1S/C13H23N3O2/c1-4-6-12(13(17)18-5-2)14-9-7-11-8-10-15-16(11)3/h8,10,12,14H,4-7,9H2,1-3H3. The summed E-state index contributed by atoms with van der Waals surface area (Å²) in [5.74, 6) is -0.149. The Balaban J connectivity index is 2.37. The van der Waals surface area contributed by atoms with E-state index in [1.807, 2.05) is 24.7 Å². The van der Waals surface area contributed by atoms with Crippen LogP contribution in [0.4, 0.5) is 0 Å². The first kappa shape index (κ1) is 14.7. The number of rotatable bonds is 8. The normalized spacial score (nSPS) is 12.4. The molecule has 0 aliphatic carbocycles. The predicted octanol–water partition coefficient (Wildman–Crippen LogP) is 1.28. The van der Waals surface area contributed by atoms with Crippen LogP contribution in [-0.4, -0.2) is 34.9 Å². The van der Waals surface area contributed by atoms with Crippen molar-refractivity contribution in [3.63, 3.8) is 0 Å². The van der Waals surface area contributed by atoms with Gasteiger partial charge >= 0.3 is 5.97 Å². The Hall–Kier alpha value is -1.36. The maximum atomic E-state index is 11.7. The molecule has 5 heteroatoms. The molecule has 1 heterocycles. The van der Waals surface area contributed by atoms with E-state index in [1.54, 1.807) is 6.20 Å². The summed E-state index contributed by atoms with van der Waals surface area (Å²) in [4.78, 5) is 11.7. The first-order chi connectivity index (χ1) is 8.69. The van der Waals surface area contributed by atoms with E-state index in [0.717, 1.165) is 31.5 Å². The fraction of sp³-hybridized carbons (Fsp3) is 0.692. The Morgan fingerprint density at radius 1 is 1.56 bits per heavy atom. The maximum absolute atomic E-state index is 11.7. The molecule has 1 rings (SSSR count). The number of aryl methyl sites for hydroxylation is 1. The van der Waals surface area contributed by atoms with Gasteiger partial charge in [-0.25, -0.2) is 0 Å². The molecule has 1 atom stereocenters. The lowest BCUT2D eigenvalue weighted by molar-refractivity contribution is -0.145. The number of carbonyl (C=O) groups excluding carboxylic acids is 1. The first-order valence-electron chi connectivity index (χ1n) is 6.55. The Labute approximate surface area is 109 Å². The summed E-state index contributed by atoms with van der Waals surface area (Å²) in [5.41, 5.74) is 1.15. The molecule has 1 aromatic heterocycles. The molecular formula is C13H23N3O2. The van der Waals surface area contributed by atoms with Crippen LogP contribution in [0.1, 0.15) is 32.4 Å². The second kappa shape index (κ2) is 7.87. The minimum atomic E-state index is -0.192. The Morgan fingerprint density at radius 2 is 2.33 bits per heavy atom. The summed E-state index contributed by atoms with van der Waals surface area (Å²) in [5, 5.41) is 7.37. The Kier molecular flexibility index (Phi) is 6.43. The SMILES string of the molecule is CCCC(NCCc1ccnn1C)C(=O)OCC. The van der Waals surface area contributed by atoms with Crippen LogP contribution in [0.3, 0.4) is 0 Å². The van der Waals surface area contributed by atoms with E-state index in [2.05, 4.69) is 17.3 Å². The van der Waals surface area contributed by atoms with Gasteiger partial charge in [0.25, 0.3) is 0 Å². The van der Waals surface area contributed by atoms with Gasteiger partial charge in [0.15, 0.2) is 0 Å². The molecule has 1 N–H and O–H groups in total. The summed E-state index contributed by atoms with van der Waals surface area (Å²) in [6, 6.07) is 1.80. The zero-order chi connectivity index (χ0) is 13.4. The van der Waals surface area contributed by atoms with Crippen molar-refractivity contribution in [2.24, 2.45) is 7.05 Å². The molecule has 1 aromatic rings. The van der Waals surface area contributed by atoms with Crippen LogP contribution < -0.4 is 5.32 Å². The molecular weight excluding hydrogens is 230 g/mol. The molecule has 0 saturated heterocycles. The van der Waals surface area contributed by atoms with Gasteiger partial charge in [-0.05, 0) is 19.4 Å². The second-order valence-electron chi connectivity index (χ2n) is 4.24. The summed E-state index contributed by atoms with van der Waals surface area (Å²) >= 11 is 0. The highest BCUT2D eigenvalue weighted by atomic mass is 16.5. The monoisotopic (exact) mass is 253 g/mol. The molecule has 0 aliphatic heterocycles. The third-order valence-electron chi connectivity index (χ3n) is 2.84. The zero-order valence-corrected chi connectivity index (χ0v) is 11.5. The number of aromatic nitrogens is 2. The zero-order valence-electron chi connectivity index (χ0n) is 11.5. The molecule has 0 spiro atoms. The maximum Gasteiger partial charge on any atom is 0.323 e. The van der Waals surface area contributed by atoms with Crippen LogP contribution in [0.5, 0.6) is 0 Å². The second-order valence-corrected chi connectivity index (χ2v) is 4.24. The minimum absolute atomic E-state index is 0.149. The fourth-order valence-electron chi connectivity index (χ4n) is 1.86. The van der Waals surface area contributed by atoms with E-state index >= 15 is 0 Å². The number of carbonyl (C=O) groups is 1. The minimum Gasteiger partial charge on any atom is -0.465 e. The van der Waals surface area contributed by atoms with E-state index in [4.69, 9.17) is 4.74 Å². The van der Waals surface area contributed by atoms with Crippen molar-refractivity contribution >= 4 is 5.97 Å². The lowest BCUT2D eigenvalue weighted by atomic mass is 10.1. The van der Waals surface area contributed by atoms with Gasteiger partial charge in [0, 0.05) is 31.9 Å². The van der Waals surface area contributed by atoms with Gasteiger partial charge in [0.2, 0.25) is 0 Å². The molecule has 18 heavy (non-hydrogen) atoms. The average Bonchev–Trinajstić information content (AvgIpc) is 2.74. The van der Waals surface area contributed by atoms with E-state index in [9.17, 15) is 4.79 Å². The lowest BCUT2D eigenvalue weighted by Crippen LogP contribution is -2.39. The average molecular weight is 253 g/mol. The summed E-state index contributed by atoms with van der Waals surface area (Å²) in [6.07, 6.45) is 4.41. The quantitative estimate of drug-likeness (QED) is 0.709. The number of nitrogens with zero attached hydrogens (tertiary/aromatic N) is 2. The highest BCUT2D eigenvalue weighted by molar-refractivity contribution is 5.75. The van der Waals surface area contributed by atoms with E-state index in [0.29, 0.717) is 6.61 Å². The highest BCUT2D eigenvalue weighted by Gasteiger charge is 2.17. The molecule has 1 unspecified atom stereocenters. The van der Waals surface area contributed by atoms with Crippen molar-refractivity contribution in [3.05, 3.63) is 18.0 Å². The first-order valence-corrected chi connectivity index (χ1v) is 6.55. The summed E-state index contributed by atoms with van der Waals surface area (Å²) < 4.78 is 6.90. The number of nitrogens with one attached hydrogen (secondary N) is 1. The van der Waals surface area contributed by atoms with Gasteiger partial charge in [-0.2, -0.15) is 5.10 Å². The molecule has 0 aromatic carbocycles. The fourth-order valence-corrected chi connectivity index (χ4v) is 1.86. The largest absolute Gasteiger partial charge is 0.465 e. The van der Waals surface area contributed by atoms with E-state index < -0.39 is 0 Å². The predicted molar refractivity (Wildman–Crippen MR) is 70.2 cm³/mol. The lowest BCUT2D eigenvalue weighted by Gasteiger charge is -2.16. The van der Waals surface area contributed by atoms with Crippen molar-refractivity contribution in [1.29, 1.82) is 0 Å². The molecule has 0 fully saturated rings. The Bertz CT molecular complexity index is 363. The number of ether oxygens (including phenoxy) is 1. The Morgan fingerprint density at radius 3 is 2.89 bits per heavy atom. The molecule has 102 valence electrons. The molecule has 0 aliphatic rings. The van der Waals surface area contributed by atoms with E-state index in [-0.39, 0.29) is 12.0 Å². The van der Waals surface area contributed by atoms with Gasteiger partial charge in [0.05, 0.1) is 6.61 Å². The van der Waals surface area contributed by atoms with Crippen molar-refractivity contribution in [1.82, 2.24) is 15.1 Å². The van der Waals surface area contributed by atoms with Crippen LogP contribution in [0.2, 0.25) is 0 Å². The van der Waals surface area contributed by atoms with Crippen LogP contribution >= 0.6 is 0 Å². The molecule has 0 amide bonds. The summed E-state index contributed by atoms with van der Waals surface area (Å²) in [7, 11) is 1.92. The molecule has 0 saturated carbocycles. The van der Waals surface area contributed by atoms with Crippen LogP contribution in [0.15, 0.2) is 12.3 Å². The van der Waals surface area contributed by atoms with Gasteiger partial charge in [0.1, 0.15) is 6.04 Å². The van der Waals surface area contributed by atoms with Crippen molar-refractivity contribution < 1.29 is 9.53 Å². The van der Waals surface area contributed by atoms with Crippen LogP contribution in [0.25, 0.3) is 0 Å². The summed E-state index contributed by atoms with van der Waals surface area (Å²) in [6.45, 7) is 5.08. The molecule has 0 radical (unpaired) electrons. The van der Waals surface area contributed by atoms with Gasteiger partial charge < -0.3 is 10.1 Å².